The number of aromatic nitrogens is 3. The van der Waals surface area contributed by atoms with Crippen molar-refractivity contribution >= 4 is 0 Å². The van der Waals surface area contributed by atoms with Gasteiger partial charge in [-0.25, -0.2) is 0 Å². The zero-order valence-electron chi connectivity index (χ0n) is 8.90. The molecule has 1 aliphatic carbocycles. The van der Waals surface area contributed by atoms with E-state index in [1.807, 2.05) is 13.2 Å². The molecule has 1 heterocycles. The van der Waals surface area contributed by atoms with Gasteiger partial charge in [0.1, 0.15) is 5.69 Å². The zero-order valence-corrected chi connectivity index (χ0v) is 8.90. The van der Waals surface area contributed by atoms with Gasteiger partial charge in [-0.2, -0.15) is 15.0 Å². The van der Waals surface area contributed by atoms with Gasteiger partial charge in [-0.1, -0.05) is 19.8 Å². The molecule has 0 aliphatic heterocycles. The molecule has 4 heteroatoms. The molecular weight excluding hydrogens is 176 g/mol. The molecule has 0 aromatic carbocycles. The Balaban J connectivity index is 2.29. The Labute approximate surface area is 84.5 Å². The summed E-state index contributed by atoms with van der Waals surface area (Å²) in [4.78, 5) is 1.59. The van der Waals surface area contributed by atoms with Crippen molar-refractivity contribution in [3.05, 3.63) is 11.9 Å². The van der Waals surface area contributed by atoms with Crippen molar-refractivity contribution in [1.82, 2.24) is 15.0 Å². The van der Waals surface area contributed by atoms with Gasteiger partial charge in [0.2, 0.25) is 0 Å². The highest BCUT2D eigenvalue weighted by atomic mass is 15.5. The predicted molar refractivity (Wildman–Crippen MR) is 54.5 cm³/mol. The number of hydrogen-bond acceptors (Lipinski definition) is 3. The Morgan fingerprint density at radius 3 is 2.93 bits per heavy atom. The summed E-state index contributed by atoms with van der Waals surface area (Å²) in [5.41, 5.74) is 7.13. The van der Waals surface area contributed by atoms with Crippen LogP contribution in [0.5, 0.6) is 0 Å². The van der Waals surface area contributed by atoms with E-state index < -0.39 is 0 Å². The summed E-state index contributed by atoms with van der Waals surface area (Å²) >= 11 is 0. The Morgan fingerprint density at radius 2 is 2.36 bits per heavy atom. The van der Waals surface area contributed by atoms with Gasteiger partial charge in [-0.05, 0) is 18.8 Å². The van der Waals surface area contributed by atoms with Crippen LogP contribution in [0.25, 0.3) is 0 Å². The lowest BCUT2D eigenvalue weighted by Gasteiger charge is -2.37. The average Bonchev–Trinajstić information content (AvgIpc) is 2.58. The summed E-state index contributed by atoms with van der Waals surface area (Å²) in [6.07, 6.45) is 6.54. The first-order valence-corrected chi connectivity index (χ1v) is 5.28. The maximum absolute atomic E-state index is 6.42. The highest BCUT2D eigenvalue weighted by molar-refractivity contribution is 5.12. The summed E-state index contributed by atoms with van der Waals surface area (Å²) in [7, 11) is 1.83. The molecule has 0 radical (unpaired) electrons. The van der Waals surface area contributed by atoms with E-state index in [2.05, 4.69) is 17.1 Å². The molecule has 0 saturated heterocycles. The van der Waals surface area contributed by atoms with Crippen molar-refractivity contribution < 1.29 is 0 Å². The molecule has 14 heavy (non-hydrogen) atoms. The third-order valence-electron chi connectivity index (χ3n) is 3.43. The first-order valence-electron chi connectivity index (χ1n) is 5.28. The largest absolute Gasteiger partial charge is 0.320 e. The van der Waals surface area contributed by atoms with Gasteiger partial charge in [-0.15, -0.1) is 0 Å². The van der Waals surface area contributed by atoms with Crippen molar-refractivity contribution in [3.63, 3.8) is 0 Å². The summed E-state index contributed by atoms with van der Waals surface area (Å²) in [5, 5.41) is 8.43. The summed E-state index contributed by atoms with van der Waals surface area (Å²) in [5.74, 6) is 0.507. The minimum Gasteiger partial charge on any atom is -0.320 e. The van der Waals surface area contributed by atoms with Crippen LogP contribution in [-0.2, 0) is 12.6 Å². The average molecular weight is 194 g/mol. The lowest BCUT2D eigenvalue weighted by molar-refractivity contribution is 0.200. The van der Waals surface area contributed by atoms with Gasteiger partial charge >= 0.3 is 0 Å². The first-order chi connectivity index (χ1) is 6.63. The van der Waals surface area contributed by atoms with Crippen molar-refractivity contribution in [2.24, 2.45) is 18.7 Å². The third-order valence-corrected chi connectivity index (χ3v) is 3.43. The number of rotatable bonds is 1. The van der Waals surface area contributed by atoms with E-state index in [4.69, 9.17) is 5.73 Å². The molecule has 78 valence electrons. The fourth-order valence-corrected chi connectivity index (χ4v) is 2.31. The molecule has 2 unspecified atom stereocenters. The van der Waals surface area contributed by atoms with Crippen molar-refractivity contribution in [3.8, 4) is 0 Å². The van der Waals surface area contributed by atoms with Crippen LogP contribution in [0.2, 0.25) is 0 Å². The Morgan fingerprint density at radius 1 is 1.57 bits per heavy atom. The lowest BCUT2D eigenvalue weighted by Crippen LogP contribution is -2.45. The fourth-order valence-electron chi connectivity index (χ4n) is 2.31. The molecule has 0 bridgehead atoms. The van der Waals surface area contributed by atoms with Gasteiger partial charge in [0.25, 0.3) is 0 Å². The van der Waals surface area contributed by atoms with E-state index in [9.17, 15) is 0 Å². The highest BCUT2D eigenvalue weighted by Crippen LogP contribution is 2.38. The van der Waals surface area contributed by atoms with E-state index >= 15 is 0 Å². The fraction of sp³-hybridized carbons (Fsp3) is 0.800. The maximum atomic E-state index is 6.42. The Bertz CT molecular complexity index is 320. The Hall–Kier alpha value is -0.900. The Kier molecular flexibility index (Phi) is 2.31. The number of aryl methyl sites for hydroxylation is 1. The molecule has 2 atom stereocenters. The molecule has 0 spiro atoms. The maximum Gasteiger partial charge on any atom is 0.103 e. The predicted octanol–water partition coefficient (Wildman–Crippen LogP) is 1.18. The summed E-state index contributed by atoms with van der Waals surface area (Å²) in [6.45, 7) is 2.22. The van der Waals surface area contributed by atoms with Gasteiger partial charge < -0.3 is 5.73 Å². The second-order valence-electron chi connectivity index (χ2n) is 4.41. The summed E-state index contributed by atoms with van der Waals surface area (Å²) in [6, 6.07) is 0. The highest BCUT2D eigenvalue weighted by Gasteiger charge is 2.38. The second-order valence-corrected chi connectivity index (χ2v) is 4.41. The number of nitrogens with two attached hydrogens (primary N) is 1. The van der Waals surface area contributed by atoms with Gasteiger partial charge in [0.05, 0.1) is 11.7 Å². The quantitative estimate of drug-likeness (QED) is 0.730. The van der Waals surface area contributed by atoms with Crippen molar-refractivity contribution in [1.29, 1.82) is 0 Å². The SMILES string of the molecule is CC1CCCCC1(N)c1cnn(C)n1. The van der Waals surface area contributed by atoms with Crippen LogP contribution in [0, 0.1) is 5.92 Å². The van der Waals surface area contributed by atoms with E-state index in [-0.39, 0.29) is 5.54 Å². The van der Waals surface area contributed by atoms with E-state index in [0.717, 1.165) is 12.1 Å². The standard InChI is InChI=1S/C10H18N4/c1-8-5-3-4-6-10(8,11)9-7-12-14(2)13-9/h7-8H,3-6,11H2,1-2H3. The van der Waals surface area contributed by atoms with Gasteiger partial charge in [0, 0.05) is 7.05 Å². The topological polar surface area (TPSA) is 56.7 Å². The minimum atomic E-state index is -0.244. The zero-order chi connectivity index (χ0) is 10.2. The molecule has 1 aliphatic rings. The van der Waals surface area contributed by atoms with Crippen LogP contribution in [0.4, 0.5) is 0 Å². The lowest BCUT2D eigenvalue weighted by atomic mass is 9.73. The minimum absolute atomic E-state index is 0.244. The van der Waals surface area contributed by atoms with Crippen LogP contribution in [-0.4, -0.2) is 15.0 Å². The monoisotopic (exact) mass is 194 g/mol. The molecule has 4 nitrogen and oxygen atoms in total. The summed E-state index contributed by atoms with van der Waals surface area (Å²) < 4.78 is 0. The first kappa shape index (κ1) is 9.65. The second kappa shape index (κ2) is 3.35. The van der Waals surface area contributed by atoms with Crippen LogP contribution < -0.4 is 5.73 Å². The van der Waals surface area contributed by atoms with E-state index in [1.165, 1.54) is 19.3 Å². The normalized spacial score (nSPS) is 33.2. The van der Waals surface area contributed by atoms with Crippen molar-refractivity contribution in [2.45, 2.75) is 38.1 Å². The smallest absolute Gasteiger partial charge is 0.103 e. The van der Waals surface area contributed by atoms with Crippen LogP contribution >= 0.6 is 0 Å². The van der Waals surface area contributed by atoms with Crippen LogP contribution in [0.1, 0.15) is 38.3 Å². The van der Waals surface area contributed by atoms with Gasteiger partial charge in [-0.3, -0.25) is 0 Å². The van der Waals surface area contributed by atoms with E-state index in [0.29, 0.717) is 5.92 Å². The van der Waals surface area contributed by atoms with E-state index in [1.54, 1.807) is 4.80 Å². The molecule has 2 rings (SSSR count). The van der Waals surface area contributed by atoms with Crippen LogP contribution in [0.15, 0.2) is 6.20 Å². The molecule has 1 aromatic heterocycles. The number of hydrogen-bond donors (Lipinski definition) is 1. The number of nitrogens with zero attached hydrogens (tertiary/aromatic N) is 3. The van der Waals surface area contributed by atoms with Crippen molar-refractivity contribution in [2.75, 3.05) is 0 Å². The molecule has 2 N–H and O–H groups in total. The molecule has 1 fully saturated rings. The van der Waals surface area contributed by atoms with Gasteiger partial charge in [0.15, 0.2) is 0 Å². The molecule has 1 saturated carbocycles. The van der Waals surface area contributed by atoms with Crippen LogP contribution in [0.3, 0.4) is 0 Å². The molecular formula is C10H18N4. The molecule has 0 amide bonds. The third kappa shape index (κ3) is 1.43. The molecule has 1 aromatic rings.